The highest BCUT2D eigenvalue weighted by Gasteiger charge is 2.11. The van der Waals surface area contributed by atoms with Gasteiger partial charge in [-0.25, -0.2) is 9.97 Å². The number of aryl methyl sites for hydroxylation is 2. The molecule has 0 bridgehead atoms. The normalized spacial score (nSPS) is 10.9. The van der Waals surface area contributed by atoms with Gasteiger partial charge in [0.1, 0.15) is 5.52 Å². The quantitative estimate of drug-likeness (QED) is 0.508. The number of carbonyl (C=O) groups excluding carboxylic acids is 1. The van der Waals surface area contributed by atoms with Crippen molar-refractivity contribution in [2.45, 2.75) is 26.1 Å². The molecule has 0 unspecified atom stereocenters. The van der Waals surface area contributed by atoms with Crippen molar-refractivity contribution < 1.29 is 4.79 Å². The van der Waals surface area contributed by atoms with E-state index in [4.69, 9.17) is 5.73 Å². The van der Waals surface area contributed by atoms with Crippen LogP contribution in [-0.2, 0) is 26.1 Å². The standard InChI is InChI=1S/C22H22N6O/c23-12-17-6-8-24-19(10-17)14-26-22(29)18-11-20-21(25-13-18)28(15-27-20)9-7-16-4-2-1-3-5-16/h1-6,8,10-11,13,15H,7,9,12,14,23H2,(H,26,29). The summed E-state index contributed by atoms with van der Waals surface area (Å²) >= 11 is 0. The number of benzene rings is 1. The van der Waals surface area contributed by atoms with E-state index >= 15 is 0 Å². The van der Waals surface area contributed by atoms with Crippen molar-refractivity contribution in [1.29, 1.82) is 0 Å². The van der Waals surface area contributed by atoms with E-state index in [1.165, 1.54) is 5.56 Å². The molecule has 0 saturated carbocycles. The maximum absolute atomic E-state index is 12.5. The number of fused-ring (bicyclic) bond motifs is 1. The van der Waals surface area contributed by atoms with E-state index in [-0.39, 0.29) is 5.91 Å². The van der Waals surface area contributed by atoms with Crippen molar-refractivity contribution in [3.05, 3.63) is 89.6 Å². The summed E-state index contributed by atoms with van der Waals surface area (Å²) < 4.78 is 2.01. The molecule has 0 spiro atoms. The third-order valence-corrected chi connectivity index (χ3v) is 4.75. The Balaban J connectivity index is 1.42. The Bertz CT molecular complexity index is 1120. The van der Waals surface area contributed by atoms with Crippen molar-refractivity contribution >= 4 is 17.1 Å². The topological polar surface area (TPSA) is 98.7 Å². The third kappa shape index (κ3) is 4.47. The fourth-order valence-corrected chi connectivity index (χ4v) is 3.16. The van der Waals surface area contributed by atoms with Crippen molar-refractivity contribution in [2.75, 3.05) is 0 Å². The highest BCUT2D eigenvalue weighted by molar-refractivity contribution is 5.96. The summed E-state index contributed by atoms with van der Waals surface area (Å²) in [6.45, 7) is 1.55. The third-order valence-electron chi connectivity index (χ3n) is 4.75. The Hall–Kier alpha value is -3.58. The van der Waals surface area contributed by atoms with Crippen LogP contribution in [0.25, 0.3) is 11.2 Å². The summed E-state index contributed by atoms with van der Waals surface area (Å²) in [5.41, 5.74) is 10.6. The van der Waals surface area contributed by atoms with Crippen LogP contribution in [0.1, 0.15) is 27.2 Å². The van der Waals surface area contributed by atoms with Crippen LogP contribution in [0, 0.1) is 0 Å². The van der Waals surface area contributed by atoms with E-state index < -0.39 is 0 Å². The van der Waals surface area contributed by atoms with Gasteiger partial charge in [-0.2, -0.15) is 0 Å². The molecule has 0 aliphatic rings. The van der Waals surface area contributed by atoms with Crippen LogP contribution in [0.4, 0.5) is 0 Å². The van der Waals surface area contributed by atoms with Gasteiger partial charge in [-0.3, -0.25) is 9.78 Å². The van der Waals surface area contributed by atoms with Gasteiger partial charge in [0, 0.05) is 25.5 Å². The Morgan fingerprint density at radius 2 is 1.90 bits per heavy atom. The molecule has 0 radical (unpaired) electrons. The number of amides is 1. The first kappa shape index (κ1) is 18.8. The summed E-state index contributed by atoms with van der Waals surface area (Å²) in [4.78, 5) is 25.6. The molecule has 0 fully saturated rings. The highest BCUT2D eigenvalue weighted by Crippen LogP contribution is 2.13. The molecule has 1 aromatic carbocycles. The lowest BCUT2D eigenvalue weighted by molar-refractivity contribution is 0.0950. The average molecular weight is 386 g/mol. The molecule has 1 amide bonds. The molecule has 4 rings (SSSR count). The predicted molar refractivity (Wildman–Crippen MR) is 111 cm³/mol. The lowest BCUT2D eigenvalue weighted by Crippen LogP contribution is -2.23. The molecule has 3 heterocycles. The molecule has 7 nitrogen and oxygen atoms in total. The van der Waals surface area contributed by atoms with E-state index in [1.54, 1.807) is 24.8 Å². The second kappa shape index (κ2) is 8.62. The predicted octanol–water partition coefficient (Wildman–Crippen LogP) is 2.46. The van der Waals surface area contributed by atoms with Crippen LogP contribution in [-0.4, -0.2) is 25.4 Å². The minimum absolute atomic E-state index is 0.210. The van der Waals surface area contributed by atoms with Gasteiger partial charge in [0.15, 0.2) is 5.65 Å². The van der Waals surface area contributed by atoms with Crippen molar-refractivity contribution in [2.24, 2.45) is 5.73 Å². The van der Waals surface area contributed by atoms with Gasteiger partial charge in [-0.1, -0.05) is 30.3 Å². The molecular formula is C22H22N6O. The smallest absolute Gasteiger partial charge is 0.253 e. The number of aromatic nitrogens is 4. The fraction of sp³-hybridized carbons (Fsp3) is 0.182. The van der Waals surface area contributed by atoms with Crippen molar-refractivity contribution in [3.8, 4) is 0 Å². The SMILES string of the molecule is NCc1ccnc(CNC(=O)c2cnc3c(c2)ncn3CCc2ccccc2)c1. The number of hydrogen-bond donors (Lipinski definition) is 2. The van der Waals surface area contributed by atoms with Crippen LogP contribution in [0.3, 0.4) is 0 Å². The molecule has 29 heavy (non-hydrogen) atoms. The molecule has 0 saturated heterocycles. The largest absolute Gasteiger partial charge is 0.346 e. The van der Waals surface area contributed by atoms with E-state index in [1.807, 2.05) is 34.9 Å². The molecule has 0 atom stereocenters. The molecule has 146 valence electrons. The lowest BCUT2D eigenvalue weighted by atomic mass is 10.1. The van der Waals surface area contributed by atoms with Gasteiger partial charge in [0.05, 0.1) is 24.1 Å². The minimum atomic E-state index is -0.210. The summed E-state index contributed by atoms with van der Waals surface area (Å²) in [5, 5.41) is 2.87. The first-order valence-electron chi connectivity index (χ1n) is 9.50. The number of carbonyl (C=O) groups is 1. The zero-order chi connectivity index (χ0) is 20.1. The van der Waals surface area contributed by atoms with Gasteiger partial charge in [0.25, 0.3) is 5.91 Å². The van der Waals surface area contributed by atoms with Gasteiger partial charge in [-0.05, 0) is 35.7 Å². The molecule has 4 aromatic rings. The second-order valence-corrected chi connectivity index (χ2v) is 6.78. The van der Waals surface area contributed by atoms with Crippen LogP contribution < -0.4 is 11.1 Å². The van der Waals surface area contributed by atoms with Gasteiger partial charge in [0.2, 0.25) is 0 Å². The molecule has 3 aromatic heterocycles. The minimum Gasteiger partial charge on any atom is -0.346 e. The lowest BCUT2D eigenvalue weighted by Gasteiger charge is -2.07. The Morgan fingerprint density at radius 1 is 1.03 bits per heavy atom. The summed E-state index contributed by atoms with van der Waals surface area (Å²) in [6, 6.07) is 15.8. The molecule has 3 N–H and O–H groups in total. The van der Waals surface area contributed by atoms with Crippen molar-refractivity contribution in [3.63, 3.8) is 0 Å². The number of rotatable bonds is 7. The number of nitrogens with one attached hydrogen (secondary N) is 1. The molecular weight excluding hydrogens is 364 g/mol. The Kier molecular flexibility index (Phi) is 5.58. The maximum Gasteiger partial charge on any atom is 0.253 e. The summed E-state index contributed by atoms with van der Waals surface area (Å²) in [6.07, 6.45) is 5.94. The van der Waals surface area contributed by atoms with Crippen LogP contribution >= 0.6 is 0 Å². The monoisotopic (exact) mass is 386 g/mol. The summed E-state index contributed by atoms with van der Waals surface area (Å²) in [7, 11) is 0. The first-order valence-corrected chi connectivity index (χ1v) is 9.50. The van der Waals surface area contributed by atoms with Crippen LogP contribution in [0.5, 0.6) is 0 Å². The van der Waals surface area contributed by atoms with Crippen molar-refractivity contribution in [1.82, 2.24) is 24.8 Å². The highest BCUT2D eigenvalue weighted by atomic mass is 16.1. The zero-order valence-electron chi connectivity index (χ0n) is 16.0. The zero-order valence-corrected chi connectivity index (χ0v) is 16.0. The van der Waals surface area contributed by atoms with Gasteiger partial charge in [-0.15, -0.1) is 0 Å². The fourth-order valence-electron chi connectivity index (χ4n) is 3.16. The summed E-state index contributed by atoms with van der Waals surface area (Å²) in [5.74, 6) is -0.210. The number of nitrogens with zero attached hydrogens (tertiary/aromatic N) is 4. The molecule has 0 aliphatic heterocycles. The Morgan fingerprint density at radius 3 is 2.72 bits per heavy atom. The number of imidazole rings is 1. The van der Waals surface area contributed by atoms with Crippen LogP contribution in [0.2, 0.25) is 0 Å². The number of hydrogen-bond acceptors (Lipinski definition) is 5. The first-order chi connectivity index (χ1) is 14.2. The van der Waals surface area contributed by atoms with Gasteiger partial charge >= 0.3 is 0 Å². The van der Waals surface area contributed by atoms with Crippen LogP contribution in [0.15, 0.2) is 67.3 Å². The van der Waals surface area contributed by atoms with E-state index in [0.29, 0.717) is 24.2 Å². The molecule has 0 aliphatic carbocycles. The molecule has 7 heteroatoms. The second-order valence-electron chi connectivity index (χ2n) is 6.78. The Labute approximate surface area is 168 Å². The number of pyridine rings is 2. The van der Waals surface area contributed by atoms with E-state index in [0.717, 1.165) is 29.9 Å². The van der Waals surface area contributed by atoms with E-state index in [9.17, 15) is 4.79 Å². The maximum atomic E-state index is 12.5. The van der Waals surface area contributed by atoms with Gasteiger partial charge < -0.3 is 15.6 Å². The average Bonchev–Trinajstić information content (AvgIpc) is 3.19. The van der Waals surface area contributed by atoms with E-state index in [2.05, 4.69) is 32.4 Å². The number of nitrogens with two attached hydrogens (primary N) is 1.